The van der Waals surface area contributed by atoms with E-state index in [-0.39, 0.29) is 11.5 Å². The molecule has 0 aromatic heterocycles. The van der Waals surface area contributed by atoms with Crippen LogP contribution in [0.1, 0.15) is 6.42 Å². The predicted octanol–water partition coefficient (Wildman–Crippen LogP) is 2.12. The lowest BCUT2D eigenvalue weighted by Gasteiger charge is -1.83. The third-order valence-electron chi connectivity index (χ3n) is 0.798. The molecule has 0 saturated carbocycles. The minimum atomic E-state index is -0.331. The summed E-state index contributed by atoms with van der Waals surface area (Å²) < 4.78 is 0. The molecule has 4 heteroatoms. The highest BCUT2D eigenvalue weighted by atomic mass is 79.9. The van der Waals surface area contributed by atoms with Crippen LogP contribution in [-0.2, 0) is 0 Å². The Labute approximate surface area is 67.7 Å². The van der Waals surface area contributed by atoms with E-state index >= 15 is 0 Å². The first-order valence-electron chi connectivity index (χ1n) is 2.81. The fraction of sp³-hybridized carbons (Fsp3) is 0.333. The molecule has 0 N–H and O–H groups in total. The molecular formula is C6H8BrNO2. The normalized spacial score (nSPS) is 11.3. The van der Waals surface area contributed by atoms with Gasteiger partial charge in [-0.05, 0) is 4.99 Å². The first-order chi connectivity index (χ1) is 4.77. The fourth-order valence-corrected chi connectivity index (χ4v) is 0.573. The van der Waals surface area contributed by atoms with Crippen LogP contribution in [0.4, 0.5) is 0 Å². The highest BCUT2D eigenvalue weighted by Gasteiger charge is 1.89. The van der Waals surface area contributed by atoms with Crippen molar-refractivity contribution in [2.45, 2.75) is 6.42 Å². The summed E-state index contributed by atoms with van der Waals surface area (Å²) >= 11 is 3.06. The van der Waals surface area contributed by atoms with Crippen molar-refractivity contribution >= 4 is 15.9 Å². The molecular weight excluding hydrogens is 198 g/mol. The van der Waals surface area contributed by atoms with Crippen molar-refractivity contribution in [3.8, 4) is 0 Å². The highest BCUT2D eigenvalue weighted by molar-refractivity contribution is 9.11. The molecule has 56 valence electrons. The second-order valence-corrected chi connectivity index (χ2v) is 2.12. The van der Waals surface area contributed by atoms with E-state index in [1.807, 2.05) is 0 Å². The molecule has 10 heavy (non-hydrogen) atoms. The Hall–Kier alpha value is -0.640. The molecule has 0 saturated heterocycles. The number of hydrogen-bond acceptors (Lipinski definition) is 2. The maximum Gasteiger partial charge on any atom is 0.207 e. The zero-order valence-electron chi connectivity index (χ0n) is 5.37. The summed E-state index contributed by atoms with van der Waals surface area (Å²) in [6.07, 6.45) is 5.77. The van der Waals surface area contributed by atoms with E-state index in [9.17, 15) is 10.1 Å². The molecule has 0 aromatic rings. The largest absolute Gasteiger partial charge is 0.265 e. The van der Waals surface area contributed by atoms with Gasteiger partial charge in [-0.15, -0.1) is 0 Å². The second kappa shape index (κ2) is 6.48. The highest BCUT2D eigenvalue weighted by Crippen LogP contribution is 1.87. The van der Waals surface area contributed by atoms with Gasteiger partial charge in [-0.2, -0.15) is 0 Å². The molecule has 0 aliphatic rings. The number of nitro groups is 1. The van der Waals surface area contributed by atoms with Gasteiger partial charge in [-0.3, -0.25) is 10.1 Å². The predicted molar refractivity (Wildman–Crippen MR) is 43.7 cm³/mol. The molecule has 0 rings (SSSR count). The Kier molecular flexibility index (Phi) is 6.06. The van der Waals surface area contributed by atoms with E-state index in [1.54, 1.807) is 23.2 Å². The number of allylic oxidation sites excluding steroid dienone is 2. The SMILES string of the molecule is O=[N+]([O-])CC/C=C/C=C/Br. The zero-order chi connectivity index (χ0) is 7.82. The monoisotopic (exact) mass is 205 g/mol. The molecule has 0 bridgehead atoms. The zero-order valence-corrected chi connectivity index (χ0v) is 6.95. The fourth-order valence-electron chi connectivity index (χ4n) is 0.397. The average Bonchev–Trinajstić information content (AvgIpc) is 1.87. The van der Waals surface area contributed by atoms with E-state index in [1.165, 1.54) is 0 Å². The summed E-state index contributed by atoms with van der Waals surface area (Å²) in [4.78, 5) is 11.1. The van der Waals surface area contributed by atoms with Gasteiger partial charge in [0.25, 0.3) is 0 Å². The minimum absolute atomic E-state index is 0.00657. The molecule has 0 aromatic carbocycles. The lowest BCUT2D eigenvalue weighted by molar-refractivity contribution is -0.478. The molecule has 0 fully saturated rings. The number of rotatable bonds is 4. The van der Waals surface area contributed by atoms with Crippen LogP contribution in [-0.4, -0.2) is 11.5 Å². The van der Waals surface area contributed by atoms with Gasteiger partial charge >= 0.3 is 0 Å². The lowest BCUT2D eigenvalue weighted by Crippen LogP contribution is -1.97. The molecule has 3 nitrogen and oxygen atoms in total. The van der Waals surface area contributed by atoms with Crippen LogP contribution in [0.2, 0.25) is 0 Å². The maximum atomic E-state index is 9.78. The third-order valence-corrected chi connectivity index (χ3v) is 1.10. The Balaban J connectivity index is 3.27. The van der Waals surface area contributed by atoms with Gasteiger partial charge in [0.1, 0.15) is 0 Å². The summed E-state index contributed by atoms with van der Waals surface area (Å²) in [7, 11) is 0. The Morgan fingerprint density at radius 1 is 1.50 bits per heavy atom. The van der Waals surface area contributed by atoms with Crippen molar-refractivity contribution in [3.05, 3.63) is 33.3 Å². The van der Waals surface area contributed by atoms with Gasteiger partial charge in [0.05, 0.1) is 0 Å². The van der Waals surface area contributed by atoms with Gasteiger partial charge in [0, 0.05) is 11.3 Å². The molecule has 0 radical (unpaired) electrons. The Morgan fingerprint density at radius 2 is 2.20 bits per heavy atom. The number of halogens is 1. The molecule has 0 amide bonds. The lowest BCUT2D eigenvalue weighted by atomic mass is 10.4. The summed E-state index contributed by atoms with van der Waals surface area (Å²) in [5, 5.41) is 9.78. The van der Waals surface area contributed by atoms with E-state index in [4.69, 9.17) is 0 Å². The first-order valence-corrected chi connectivity index (χ1v) is 3.72. The summed E-state index contributed by atoms with van der Waals surface area (Å²) in [6.45, 7) is 0.00657. The van der Waals surface area contributed by atoms with Crippen LogP contribution in [0.5, 0.6) is 0 Å². The molecule has 0 aliphatic heterocycles. The van der Waals surface area contributed by atoms with E-state index in [0.717, 1.165) is 0 Å². The van der Waals surface area contributed by atoms with Crippen molar-refractivity contribution in [1.82, 2.24) is 0 Å². The van der Waals surface area contributed by atoms with Gasteiger partial charge in [0.15, 0.2) is 0 Å². The molecule has 0 spiro atoms. The van der Waals surface area contributed by atoms with Crippen molar-refractivity contribution in [2.75, 3.05) is 6.54 Å². The smallest absolute Gasteiger partial charge is 0.207 e. The molecule has 0 atom stereocenters. The molecule has 0 heterocycles. The van der Waals surface area contributed by atoms with Crippen LogP contribution < -0.4 is 0 Å². The summed E-state index contributed by atoms with van der Waals surface area (Å²) in [5.74, 6) is 0. The first kappa shape index (κ1) is 9.36. The van der Waals surface area contributed by atoms with Crippen molar-refractivity contribution in [3.63, 3.8) is 0 Å². The summed E-state index contributed by atoms with van der Waals surface area (Å²) in [5.41, 5.74) is 0. The van der Waals surface area contributed by atoms with Crippen molar-refractivity contribution in [1.29, 1.82) is 0 Å². The van der Waals surface area contributed by atoms with Gasteiger partial charge in [-0.1, -0.05) is 34.2 Å². The van der Waals surface area contributed by atoms with Crippen LogP contribution in [0, 0.1) is 10.1 Å². The van der Waals surface area contributed by atoms with Crippen LogP contribution >= 0.6 is 15.9 Å². The standard InChI is InChI=1S/C6H8BrNO2/c7-5-3-1-2-4-6-8(9)10/h1-3,5H,4,6H2/b2-1+,5-3+. The average molecular weight is 206 g/mol. The summed E-state index contributed by atoms with van der Waals surface area (Å²) in [6, 6.07) is 0. The van der Waals surface area contributed by atoms with E-state index < -0.39 is 0 Å². The van der Waals surface area contributed by atoms with Crippen LogP contribution in [0.3, 0.4) is 0 Å². The van der Waals surface area contributed by atoms with E-state index in [2.05, 4.69) is 15.9 Å². The van der Waals surface area contributed by atoms with E-state index in [0.29, 0.717) is 6.42 Å². The topological polar surface area (TPSA) is 43.1 Å². The van der Waals surface area contributed by atoms with Gasteiger partial charge < -0.3 is 0 Å². The third kappa shape index (κ3) is 7.36. The van der Waals surface area contributed by atoms with Gasteiger partial charge in [-0.25, -0.2) is 0 Å². The van der Waals surface area contributed by atoms with Crippen molar-refractivity contribution < 1.29 is 4.92 Å². The molecule has 0 unspecified atom stereocenters. The number of nitrogens with zero attached hydrogens (tertiary/aromatic N) is 1. The van der Waals surface area contributed by atoms with Gasteiger partial charge in [0.2, 0.25) is 6.54 Å². The Bertz CT molecular complexity index is 154. The van der Waals surface area contributed by atoms with Crippen molar-refractivity contribution in [2.24, 2.45) is 0 Å². The van der Waals surface area contributed by atoms with Crippen LogP contribution in [0.15, 0.2) is 23.2 Å². The van der Waals surface area contributed by atoms with Crippen LogP contribution in [0.25, 0.3) is 0 Å². The Morgan fingerprint density at radius 3 is 2.70 bits per heavy atom. The number of hydrogen-bond donors (Lipinski definition) is 0. The second-order valence-electron chi connectivity index (χ2n) is 1.59. The molecule has 0 aliphatic carbocycles. The minimum Gasteiger partial charge on any atom is -0.265 e. The quantitative estimate of drug-likeness (QED) is 0.401. The maximum absolute atomic E-state index is 9.78.